The molecule has 124 valence electrons. The van der Waals surface area contributed by atoms with E-state index in [0.717, 1.165) is 16.7 Å². The van der Waals surface area contributed by atoms with Gasteiger partial charge >= 0.3 is 0 Å². The third-order valence-electron chi connectivity index (χ3n) is 3.25. The standard InChI is InChI=1S/C18H18ClN3O2/c1-12-3-8-16(13(2)9-12)21-17(23)10-18(24)22-20-11-14-4-6-15(19)7-5-14/h3-9,11H,10H2,1-2H3,(H,21,23)(H,22,24). The van der Waals surface area contributed by atoms with Crippen molar-refractivity contribution in [3.63, 3.8) is 0 Å². The summed E-state index contributed by atoms with van der Waals surface area (Å²) in [7, 11) is 0. The first-order valence-corrected chi connectivity index (χ1v) is 7.76. The number of nitrogens with zero attached hydrogens (tertiary/aromatic N) is 1. The van der Waals surface area contributed by atoms with E-state index in [0.29, 0.717) is 10.7 Å². The van der Waals surface area contributed by atoms with Crippen LogP contribution in [0.1, 0.15) is 23.1 Å². The zero-order valence-electron chi connectivity index (χ0n) is 13.5. The van der Waals surface area contributed by atoms with Crippen LogP contribution in [0.3, 0.4) is 0 Å². The van der Waals surface area contributed by atoms with E-state index in [9.17, 15) is 9.59 Å². The highest BCUT2D eigenvalue weighted by Gasteiger charge is 2.10. The first-order valence-electron chi connectivity index (χ1n) is 7.38. The van der Waals surface area contributed by atoms with Crippen LogP contribution in [0.15, 0.2) is 47.6 Å². The Morgan fingerprint density at radius 2 is 1.79 bits per heavy atom. The third kappa shape index (κ3) is 5.52. The number of anilines is 1. The molecular formula is C18H18ClN3O2. The molecule has 0 aliphatic heterocycles. The normalized spacial score (nSPS) is 10.6. The maximum absolute atomic E-state index is 11.9. The second-order valence-corrected chi connectivity index (χ2v) is 5.82. The molecule has 0 aromatic heterocycles. The third-order valence-corrected chi connectivity index (χ3v) is 3.50. The van der Waals surface area contributed by atoms with Gasteiger partial charge in [-0.3, -0.25) is 9.59 Å². The van der Waals surface area contributed by atoms with Gasteiger partial charge in [-0.2, -0.15) is 5.10 Å². The van der Waals surface area contributed by atoms with Crippen LogP contribution in [0, 0.1) is 13.8 Å². The highest BCUT2D eigenvalue weighted by atomic mass is 35.5. The fraction of sp³-hybridized carbons (Fsp3) is 0.167. The number of hydrogen-bond donors (Lipinski definition) is 2. The molecular weight excluding hydrogens is 326 g/mol. The molecule has 2 aromatic carbocycles. The number of nitrogens with one attached hydrogen (secondary N) is 2. The Balaban J connectivity index is 1.83. The number of carbonyl (C=O) groups is 2. The van der Waals surface area contributed by atoms with Crippen molar-refractivity contribution in [3.8, 4) is 0 Å². The first kappa shape index (κ1) is 17.7. The molecule has 5 nitrogen and oxygen atoms in total. The van der Waals surface area contributed by atoms with E-state index in [4.69, 9.17) is 11.6 Å². The Bertz CT molecular complexity index is 770. The van der Waals surface area contributed by atoms with Gasteiger partial charge in [0, 0.05) is 10.7 Å². The number of aryl methyl sites for hydroxylation is 2. The highest BCUT2D eigenvalue weighted by Crippen LogP contribution is 2.16. The van der Waals surface area contributed by atoms with Crippen LogP contribution in [-0.2, 0) is 9.59 Å². The Hall–Kier alpha value is -2.66. The van der Waals surface area contributed by atoms with E-state index >= 15 is 0 Å². The maximum atomic E-state index is 11.9. The van der Waals surface area contributed by atoms with Crippen molar-refractivity contribution in [2.75, 3.05) is 5.32 Å². The molecule has 2 aromatic rings. The quantitative estimate of drug-likeness (QED) is 0.496. The minimum absolute atomic E-state index is 0.300. The number of hydrazone groups is 1. The lowest BCUT2D eigenvalue weighted by atomic mass is 10.1. The highest BCUT2D eigenvalue weighted by molar-refractivity contribution is 6.30. The van der Waals surface area contributed by atoms with E-state index in [1.807, 2.05) is 32.0 Å². The lowest BCUT2D eigenvalue weighted by Crippen LogP contribution is -2.24. The molecule has 0 bridgehead atoms. The molecule has 0 spiro atoms. The number of amides is 2. The predicted octanol–water partition coefficient (Wildman–Crippen LogP) is 3.44. The largest absolute Gasteiger partial charge is 0.325 e. The summed E-state index contributed by atoms with van der Waals surface area (Å²) < 4.78 is 0. The van der Waals surface area contributed by atoms with Crippen molar-refractivity contribution in [2.45, 2.75) is 20.3 Å². The molecule has 0 saturated carbocycles. The van der Waals surface area contributed by atoms with Gasteiger partial charge in [0.05, 0.1) is 6.21 Å². The zero-order valence-corrected chi connectivity index (χ0v) is 14.2. The zero-order chi connectivity index (χ0) is 17.5. The first-order chi connectivity index (χ1) is 11.4. The van der Waals surface area contributed by atoms with Gasteiger partial charge in [-0.25, -0.2) is 5.43 Å². The van der Waals surface area contributed by atoms with E-state index < -0.39 is 5.91 Å². The van der Waals surface area contributed by atoms with Gasteiger partial charge in [0.15, 0.2) is 0 Å². The van der Waals surface area contributed by atoms with E-state index in [1.54, 1.807) is 24.3 Å². The molecule has 2 N–H and O–H groups in total. The van der Waals surface area contributed by atoms with Crippen LogP contribution in [0.2, 0.25) is 5.02 Å². The number of carbonyl (C=O) groups excluding carboxylic acids is 2. The monoisotopic (exact) mass is 343 g/mol. The Morgan fingerprint density at radius 3 is 2.46 bits per heavy atom. The van der Waals surface area contributed by atoms with Crippen LogP contribution >= 0.6 is 11.6 Å². The molecule has 0 heterocycles. The average Bonchev–Trinajstić information content (AvgIpc) is 2.52. The summed E-state index contributed by atoms with van der Waals surface area (Å²) in [5, 5.41) is 7.15. The van der Waals surface area contributed by atoms with Crippen molar-refractivity contribution in [2.24, 2.45) is 5.10 Å². The van der Waals surface area contributed by atoms with Gasteiger partial charge in [0.1, 0.15) is 6.42 Å². The van der Waals surface area contributed by atoms with Crippen LogP contribution in [0.25, 0.3) is 0 Å². The Labute approximate surface area is 145 Å². The van der Waals surface area contributed by atoms with Gasteiger partial charge < -0.3 is 5.32 Å². The molecule has 2 amide bonds. The summed E-state index contributed by atoms with van der Waals surface area (Å²) in [6.45, 7) is 3.88. The topological polar surface area (TPSA) is 70.6 Å². The van der Waals surface area contributed by atoms with Crippen LogP contribution in [0.5, 0.6) is 0 Å². The van der Waals surface area contributed by atoms with Crippen LogP contribution in [-0.4, -0.2) is 18.0 Å². The predicted molar refractivity (Wildman–Crippen MR) is 96.4 cm³/mol. The molecule has 0 saturated heterocycles. The van der Waals surface area contributed by atoms with Crippen molar-refractivity contribution in [1.29, 1.82) is 0 Å². The van der Waals surface area contributed by atoms with Crippen LogP contribution < -0.4 is 10.7 Å². The van der Waals surface area contributed by atoms with Gasteiger partial charge in [-0.15, -0.1) is 0 Å². The number of benzene rings is 2. The minimum atomic E-state index is -0.484. The van der Waals surface area contributed by atoms with E-state index in [1.165, 1.54) is 6.21 Å². The lowest BCUT2D eigenvalue weighted by molar-refractivity contribution is -0.126. The fourth-order valence-electron chi connectivity index (χ4n) is 2.06. The molecule has 0 unspecified atom stereocenters. The van der Waals surface area contributed by atoms with Crippen molar-refractivity contribution >= 4 is 35.3 Å². The van der Waals surface area contributed by atoms with Gasteiger partial charge in [-0.05, 0) is 43.2 Å². The Kier molecular flexibility index (Phi) is 6.09. The van der Waals surface area contributed by atoms with Gasteiger partial charge in [-0.1, -0.05) is 41.4 Å². The summed E-state index contributed by atoms with van der Waals surface area (Å²) in [5.41, 5.74) is 5.87. The smallest absolute Gasteiger partial charge is 0.249 e. The van der Waals surface area contributed by atoms with Gasteiger partial charge in [0.25, 0.3) is 0 Å². The number of rotatable bonds is 5. The van der Waals surface area contributed by atoms with Crippen LogP contribution in [0.4, 0.5) is 5.69 Å². The summed E-state index contributed by atoms with van der Waals surface area (Å²) >= 11 is 5.78. The molecule has 6 heteroatoms. The molecule has 0 aliphatic rings. The summed E-state index contributed by atoms with van der Waals surface area (Å²) in [4.78, 5) is 23.6. The second kappa shape index (κ2) is 8.26. The second-order valence-electron chi connectivity index (χ2n) is 5.39. The fourth-order valence-corrected chi connectivity index (χ4v) is 2.19. The molecule has 0 atom stereocenters. The Morgan fingerprint density at radius 1 is 1.08 bits per heavy atom. The van der Waals surface area contributed by atoms with Gasteiger partial charge in [0.2, 0.25) is 11.8 Å². The van der Waals surface area contributed by atoms with Crippen molar-refractivity contribution < 1.29 is 9.59 Å². The van der Waals surface area contributed by atoms with E-state index in [2.05, 4.69) is 15.8 Å². The number of halogens is 1. The molecule has 24 heavy (non-hydrogen) atoms. The summed E-state index contributed by atoms with van der Waals surface area (Å²) in [6, 6.07) is 12.7. The molecule has 2 rings (SSSR count). The number of hydrogen-bond acceptors (Lipinski definition) is 3. The molecule has 0 radical (unpaired) electrons. The van der Waals surface area contributed by atoms with Crippen molar-refractivity contribution in [1.82, 2.24) is 5.43 Å². The minimum Gasteiger partial charge on any atom is -0.325 e. The summed E-state index contributed by atoms with van der Waals surface area (Å²) in [6.07, 6.45) is 1.18. The van der Waals surface area contributed by atoms with Crippen molar-refractivity contribution in [3.05, 3.63) is 64.2 Å². The lowest BCUT2D eigenvalue weighted by Gasteiger charge is -2.08. The molecule has 0 fully saturated rings. The molecule has 0 aliphatic carbocycles. The van der Waals surface area contributed by atoms with E-state index in [-0.39, 0.29) is 12.3 Å². The SMILES string of the molecule is Cc1ccc(NC(=O)CC(=O)NN=Cc2ccc(Cl)cc2)c(C)c1. The summed E-state index contributed by atoms with van der Waals surface area (Å²) in [5.74, 6) is -0.872. The average molecular weight is 344 g/mol. The maximum Gasteiger partial charge on any atom is 0.249 e.